The first-order valence-electron chi connectivity index (χ1n) is 9.87. The van der Waals surface area contributed by atoms with E-state index in [4.69, 9.17) is 9.47 Å². The molecule has 1 saturated carbocycles. The van der Waals surface area contributed by atoms with Crippen LogP contribution in [0.4, 0.5) is 0 Å². The van der Waals surface area contributed by atoms with Crippen molar-refractivity contribution in [1.29, 1.82) is 0 Å². The fraction of sp³-hybridized carbons (Fsp3) is 0.375. The second-order valence-electron chi connectivity index (χ2n) is 7.35. The Morgan fingerprint density at radius 3 is 2.50 bits per heavy atom. The average Bonchev–Trinajstić information content (AvgIpc) is 3.21. The van der Waals surface area contributed by atoms with E-state index in [9.17, 15) is 9.90 Å². The van der Waals surface area contributed by atoms with Crippen LogP contribution in [0.5, 0.6) is 11.5 Å². The monoisotopic (exact) mass is 380 g/mol. The summed E-state index contributed by atoms with van der Waals surface area (Å²) >= 11 is 0. The molecule has 2 aromatic carbocycles. The van der Waals surface area contributed by atoms with Gasteiger partial charge in [-0.1, -0.05) is 42.5 Å². The summed E-state index contributed by atoms with van der Waals surface area (Å²) in [6.07, 6.45) is 6.76. The fourth-order valence-electron chi connectivity index (χ4n) is 3.76. The third-order valence-electron chi connectivity index (χ3n) is 5.29. The lowest BCUT2D eigenvalue weighted by Gasteiger charge is -2.19. The maximum Gasteiger partial charge on any atom is 0.304 e. The van der Waals surface area contributed by atoms with Crippen LogP contribution in [0.2, 0.25) is 0 Å². The molecule has 1 aliphatic rings. The van der Waals surface area contributed by atoms with E-state index >= 15 is 0 Å². The molecule has 0 amide bonds. The predicted octanol–water partition coefficient (Wildman–Crippen LogP) is 5.68. The number of aliphatic carboxylic acids is 1. The molecule has 1 fully saturated rings. The van der Waals surface area contributed by atoms with Crippen molar-refractivity contribution in [2.45, 2.75) is 51.0 Å². The van der Waals surface area contributed by atoms with Crippen molar-refractivity contribution < 1.29 is 19.4 Å². The molecule has 148 valence electrons. The van der Waals surface area contributed by atoms with Crippen LogP contribution in [-0.2, 0) is 4.79 Å². The van der Waals surface area contributed by atoms with Crippen molar-refractivity contribution in [3.8, 4) is 11.5 Å². The van der Waals surface area contributed by atoms with Gasteiger partial charge < -0.3 is 14.6 Å². The van der Waals surface area contributed by atoms with Crippen LogP contribution >= 0.6 is 0 Å². The first-order valence-corrected chi connectivity index (χ1v) is 9.87. The van der Waals surface area contributed by atoms with Crippen molar-refractivity contribution in [1.82, 2.24) is 0 Å². The minimum Gasteiger partial charge on any atom is -0.493 e. The zero-order chi connectivity index (χ0) is 19.9. The largest absolute Gasteiger partial charge is 0.493 e. The number of benzene rings is 2. The second-order valence-corrected chi connectivity index (χ2v) is 7.35. The summed E-state index contributed by atoms with van der Waals surface area (Å²) in [5.74, 6) is 0.326. The highest BCUT2D eigenvalue weighted by Crippen LogP contribution is 2.36. The molecule has 4 nitrogen and oxygen atoms in total. The van der Waals surface area contributed by atoms with Crippen LogP contribution in [-0.4, -0.2) is 24.3 Å². The van der Waals surface area contributed by atoms with E-state index in [2.05, 4.69) is 0 Å². The standard InChI is InChI=1S/C24H28O4/c1-17(18-8-4-3-5-9-18)14-20(16-24(25)26)19-12-13-22(27-2)23(15-19)28-21-10-6-7-11-21/h3-5,8-9,12-15,20-21H,6-7,10-11,16H2,1-2H3,(H,25,26)/b17-14+. The van der Waals surface area contributed by atoms with Gasteiger partial charge in [-0.25, -0.2) is 0 Å². The van der Waals surface area contributed by atoms with Gasteiger partial charge in [0.25, 0.3) is 0 Å². The number of hydrogen-bond acceptors (Lipinski definition) is 3. The number of rotatable bonds is 8. The van der Waals surface area contributed by atoms with Crippen molar-refractivity contribution in [3.63, 3.8) is 0 Å². The summed E-state index contributed by atoms with van der Waals surface area (Å²) in [4.78, 5) is 11.5. The fourth-order valence-corrected chi connectivity index (χ4v) is 3.76. The smallest absolute Gasteiger partial charge is 0.304 e. The summed E-state index contributed by atoms with van der Waals surface area (Å²) in [7, 11) is 1.63. The van der Waals surface area contributed by atoms with Crippen LogP contribution in [0.3, 0.4) is 0 Å². The molecule has 1 N–H and O–H groups in total. The molecule has 0 heterocycles. The molecular weight excluding hydrogens is 352 g/mol. The molecule has 0 aromatic heterocycles. The van der Waals surface area contributed by atoms with Gasteiger partial charge in [0.1, 0.15) is 0 Å². The SMILES string of the molecule is COc1ccc(C(/C=C(\C)c2ccccc2)CC(=O)O)cc1OC1CCCC1. The predicted molar refractivity (Wildman–Crippen MR) is 111 cm³/mol. The van der Waals surface area contributed by atoms with Gasteiger partial charge in [0, 0.05) is 5.92 Å². The first-order chi connectivity index (χ1) is 13.6. The Morgan fingerprint density at radius 2 is 1.86 bits per heavy atom. The minimum atomic E-state index is -0.823. The highest BCUT2D eigenvalue weighted by Gasteiger charge is 2.21. The van der Waals surface area contributed by atoms with Gasteiger partial charge in [-0.3, -0.25) is 4.79 Å². The molecule has 0 saturated heterocycles. The van der Waals surface area contributed by atoms with Gasteiger partial charge in [-0.15, -0.1) is 0 Å². The van der Waals surface area contributed by atoms with Crippen molar-refractivity contribution in [2.75, 3.05) is 7.11 Å². The van der Waals surface area contributed by atoms with Crippen LogP contribution < -0.4 is 9.47 Å². The highest BCUT2D eigenvalue weighted by atomic mass is 16.5. The maximum atomic E-state index is 11.5. The molecule has 0 aliphatic heterocycles. The molecule has 0 bridgehead atoms. The summed E-state index contributed by atoms with van der Waals surface area (Å²) in [6.45, 7) is 2.02. The molecule has 2 aromatic rings. The van der Waals surface area contributed by atoms with Gasteiger partial charge in [-0.05, 0) is 61.4 Å². The summed E-state index contributed by atoms with van der Waals surface area (Å²) < 4.78 is 11.7. The Balaban J connectivity index is 1.92. The number of ether oxygens (including phenoxy) is 2. The van der Waals surface area contributed by atoms with Gasteiger partial charge >= 0.3 is 5.97 Å². The number of carboxylic acid groups (broad SMARTS) is 1. The first kappa shape index (κ1) is 20.0. The molecule has 1 aliphatic carbocycles. The molecule has 1 unspecified atom stereocenters. The van der Waals surface area contributed by atoms with Crippen LogP contribution in [0, 0.1) is 0 Å². The highest BCUT2D eigenvalue weighted by molar-refractivity contribution is 5.71. The van der Waals surface area contributed by atoms with Gasteiger partial charge in [0.2, 0.25) is 0 Å². The average molecular weight is 380 g/mol. The third kappa shape index (κ3) is 5.16. The maximum absolute atomic E-state index is 11.5. The Bertz CT molecular complexity index is 820. The van der Waals surface area contributed by atoms with E-state index in [-0.39, 0.29) is 18.4 Å². The van der Waals surface area contributed by atoms with E-state index < -0.39 is 5.97 Å². The molecule has 3 rings (SSSR count). The zero-order valence-electron chi connectivity index (χ0n) is 16.6. The summed E-state index contributed by atoms with van der Waals surface area (Å²) in [5.41, 5.74) is 3.07. The topological polar surface area (TPSA) is 55.8 Å². The quantitative estimate of drug-likeness (QED) is 0.640. The van der Waals surface area contributed by atoms with Crippen molar-refractivity contribution >= 4 is 11.5 Å². The lowest BCUT2D eigenvalue weighted by molar-refractivity contribution is -0.137. The number of carbonyl (C=O) groups is 1. The van der Waals surface area contributed by atoms with Crippen LogP contribution in [0.15, 0.2) is 54.6 Å². The minimum absolute atomic E-state index is 0.0272. The molecule has 0 spiro atoms. The van der Waals surface area contributed by atoms with Gasteiger partial charge in [0.05, 0.1) is 19.6 Å². The molecule has 28 heavy (non-hydrogen) atoms. The van der Waals surface area contributed by atoms with E-state index in [0.29, 0.717) is 11.5 Å². The molecule has 4 heteroatoms. The lowest BCUT2D eigenvalue weighted by atomic mass is 9.91. The van der Waals surface area contributed by atoms with Gasteiger partial charge in [-0.2, -0.15) is 0 Å². The van der Waals surface area contributed by atoms with E-state index in [1.807, 2.05) is 61.5 Å². The van der Waals surface area contributed by atoms with E-state index in [0.717, 1.165) is 29.5 Å². The van der Waals surface area contributed by atoms with Crippen molar-refractivity contribution in [2.24, 2.45) is 0 Å². The van der Waals surface area contributed by atoms with E-state index in [1.54, 1.807) is 7.11 Å². The third-order valence-corrected chi connectivity index (χ3v) is 5.29. The zero-order valence-corrected chi connectivity index (χ0v) is 16.6. The number of carboxylic acids is 1. The Hall–Kier alpha value is -2.75. The molecular formula is C24H28O4. The number of methoxy groups -OCH3 is 1. The molecule has 0 radical (unpaired) electrons. The molecule has 1 atom stereocenters. The van der Waals surface area contributed by atoms with E-state index in [1.165, 1.54) is 12.8 Å². The Labute approximate surface area is 166 Å². The van der Waals surface area contributed by atoms with Crippen molar-refractivity contribution in [3.05, 3.63) is 65.7 Å². The second kappa shape index (κ2) is 9.45. The van der Waals surface area contributed by atoms with Crippen LogP contribution in [0.1, 0.15) is 56.1 Å². The number of hydrogen-bond donors (Lipinski definition) is 1. The summed E-state index contributed by atoms with van der Waals surface area (Å²) in [5, 5.41) is 9.44. The lowest BCUT2D eigenvalue weighted by Crippen LogP contribution is -2.12. The normalized spacial score (nSPS) is 16.0. The van der Waals surface area contributed by atoms with Gasteiger partial charge in [0.15, 0.2) is 11.5 Å². The summed E-state index contributed by atoms with van der Waals surface area (Å²) in [6, 6.07) is 15.8. The Morgan fingerprint density at radius 1 is 1.14 bits per heavy atom. The Kier molecular flexibility index (Phi) is 6.75. The number of allylic oxidation sites excluding steroid dienone is 2. The van der Waals surface area contributed by atoms with Crippen LogP contribution in [0.25, 0.3) is 5.57 Å².